The van der Waals surface area contributed by atoms with E-state index in [1.54, 1.807) is 0 Å². The Morgan fingerprint density at radius 3 is 2.75 bits per heavy atom. The minimum absolute atomic E-state index is 0.275. The lowest BCUT2D eigenvalue weighted by atomic mass is 10.1. The number of hydrogen-bond acceptors (Lipinski definition) is 2. The molecule has 0 aromatic heterocycles. The van der Waals surface area contributed by atoms with E-state index in [0.29, 0.717) is 0 Å². The van der Waals surface area contributed by atoms with Crippen LogP contribution < -0.4 is 0 Å². The average Bonchev–Trinajstić information content (AvgIpc) is 2.99. The van der Waals surface area contributed by atoms with Crippen LogP contribution in [0.15, 0.2) is 59.6 Å². The first-order valence-electron chi connectivity index (χ1n) is 6.65. The number of thioether (sulfide) groups is 1. The normalized spacial score (nSPS) is 17.2. The van der Waals surface area contributed by atoms with Gasteiger partial charge in [0.1, 0.15) is 0 Å². The predicted octanol–water partition coefficient (Wildman–Crippen LogP) is 4.29. The molecule has 0 aliphatic carbocycles. The van der Waals surface area contributed by atoms with Gasteiger partial charge in [-0.2, -0.15) is 0 Å². The van der Waals surface area contributed by atoms with Crippen molar-refractivity contribution in [3.63, 3.8) is 0 Å². The lowest BCUT2D eigenvalue weighted by molar-refractivity contribution is 0.850. The predicted molar refractivity (Wildman–Crippen MR) is 87.2 cm³/mol. The molecule has 3 rings (SSSR count). The molecule has 1 aliphatic heterocycles. The Morgan fingerprint density at radius 1 is 1.10 bits per heavy atom. The van der Waals surface area contributed by atoms with Gasteiger partial charge in [0.15, 0.2) is 0 Å². The Kier molecular flexibility index (Phi) is 3.90. The summed E-state index contributed by atoms with van der Waals surface area (Å²) in [5, 5.41) is 1.12. The summed E-state index contributed by atoms with van der Waals surface area (Å²) in [6, 6.07) is 19.1. The molecule has 0 saturated heterocycles. The van der Waals surface area contributed by atoms with Crippen LogP contribution >= 0.6 is 11.8 Å². The minimum atomic E-state index is 0.275. The van der Waals surface area contributed by atoms with Crippen molar-refractivity contribution in [2.45, 2.75) is 13.0 Å². The van der Waals surface area contributed by atoms with Crippen LogP contribution in [-0.4, -0.2) is 10.8 Å². The van der Waals surface area contributed by atoms with Gasteiger partial charge < -0.3 is 0 Å². The lowest BCUT2D eigenvalue weighted by Crippen LogP contribution is -1.93. The summed E-state index contributed by atoms with van der Waals surface area (Å²) in [6.45, 7) is 1.86. The van der Waals surface area contributed by atoms with Crippen LogP contribution in [0.25, 0.3) is 0 Å². The first-order chi connectivity index (χ1) is 9.86. The molecule has 0 fully saturated rings. The van der Waals surface area contributed by atoms with Crippen LogP contribution in [0.5, 0.6) is 0 Å². The molecule has 0 radical (unpaired) electrons. The second kappa shape index (κ2) is 5.98. The monoisotopic (exact) mass is 277 g/mol. The number of benzene rings is 2. The first kappa shape index (κ1) is 13.0. The molecule has 0 bridgehead atoms. The van der Waals surface area contributed by atoms with Gasteiger partial charge in [-0.25, -0.2) is 0 Å². The third-order valence-electron chi connectivity index (χ3n) is 3.21. The zero-order valence-electron chi connectivity index (χ0n) is 11.3. The van der Waals surface area contributed by atoms with E-state index in [-0.39, 0.29) is 6.04 Å². The zero-order chi connectivity index (χ0) is 13.8. The molecule has 0 amide bonds. The molecular weight excluding hydrogens is 262 g/mol. The van der Waals surface area contributed by atoms with Crippen LogP contribution in [0.3, 0.4) is 0 Å². The largest absolute Gasteiger partial charge is 0.269 e. The van der Waals surface area contributed by atoms with Gasteiger partial charge in [-0.3, -0.25) is 4.99 Å². The van der Waals surface area contributed by atoms with E-state index in [4.69, 9.17) is 4.99 Å². The molecule has 20 heavy (non-hydrogen) atoms. The molecule has 0 unspecified atom stereocenters. The summed E-state index contributed by atoms with van der Waals surface area (Å²) in [6.07, 6.45) is 0. The Bertz CT molecular complexity index is 692. The third kappa shape index (κ3) is 2.79. The highest BCUT2D eigenvalue weighted by Gasteiger charge is 2.20. The van der Waals surface area contributed by atoms with E-state index in [1.165, 1.54) is 11.1 Å². The van der Waals surface area contributed by atoms with Crippen molar-refractivity contribution in [2.24, 2.45) is 4.99 Å². The van der Waals surface area contributed by atoms with E-state index in [2.05, 4.69) is 48.2 Å². The second-order valence-electron chi connectivity index (χ2n) is 4.63. The van der Waals surface area contributed by atoms with E-state index in [0.717, 1.165) is 16.4 Å². The molecule has 0 N–H and O–H groups in total. The molecule has 0 spiro atoms. The first-order valence-corrected chi connectivity index (χ1v) is 7.64. The van der Waals surface area contributed by atoms with Gasteiger partial charge in [0.05, 0.1) is 11.1 Å². The smallest absolute Gasteiger partial charge is 0.0986 e. The molecule has 1 atom stereocenters. The molecule has 2 aromatic rings. The summed E-state index contributed by atoms with van der Waals surface area (Å²) in [5.41, 5.74) is 3.52. The molecule has 1 nitrogen and oxygen atoms in total. The number of rotatable bonds is 2. The third-order valence-corrected chi connectivity index (χ3v) is 4.31. The Balaban J connectivity index is 1.88. The van der Waals surface area contributed by atoms with Gasteiger partial charge in [-0.05, 0) is 24.6 Å². The Labute approximate surface area is 124 Å². The molecular formula is C18H15NS. The fraction of sp³-hybridized carbons (Fsp3) is 0.167. The Hall–Kier alpha value is -1.98. The van der Waals surface area contributed by atoms with E-state index in [9.17, 15) is 0 Å². The van der Waals surface area contributed by atoms with Gasteiger partial charge in [-0.15, -0.1) is 17.7 Å². The highest BCUT2D eigenvalue weighted by molar-refractivity contribution is 8.14. The highest BCUT2D eigenvalue weighted by Crippen LogP contribution is 2.32. The quantitative estimate of drug-likeness (QED) is 0.746. The van der Waals surface area contributed by atoms with Crippen LogP contribution in [-0.2, 0) is 0 Å². The average molecular weight is 277 g/mol. The molecule has 1 heterocycles. The standard InChI is InChI=1S/C18H15NS/c1-2-7-14-8-6-11-16(12-14)18-19-17(13-20-18)15-9-4-3-5-10-15/h3-6,8-12,17H,13H2,1H3/t17-/m0/s1. The van der Waals surface area contributed by atoms with Gasteiger partial charge in [0.2, 0.25) is 0 Å². The van der Waals surface area contributed by atoms with Crippen molar-refractivity contribution < 1.29 is 0 Å². The molecule has 98 valence electrons. The van der Waals surface area contributed by atoms with Crippen LogP contribution in [0.4, 0.5) is 0 Å². The zero-order valence-corrected chi connectivity index (χ0v) is 12.2. The van der Waals surface area contributed by atoms with Gasteiger partial charge in [0, 0.05) is 16.9 Å². The van der Waals surface area contributed by atoms with Crippen LogP contribution in [0.2, 0.25) is 0 Å². The van der Waals surface area contributed by atoms with Crippen molar-refractivity contribution in [1.29, 1.82) is 0 Å². The fourth-order valence-corrected chi connectivity index (χ4v) is 3.33. The highest BCUT2D eigenvalue weighted by atomic mass is 32.2. The number of hydrogen-bond donors (Lipinski definition) is 0. The molecule has 2 heteroatoms. The summed E-state index contributed by atoms with van der Waals surface area (Å²) in [7, 11) is 0. The summed E-state index contributed by atoms with van der Waals surface area (Å²) in [5.74, 6) is 7.06. The lowest BCUT2D eigenvalue weighted by Gasteiger charge is -2.04. The SMILES string of the molecule is CC#Cc1cccc(C2=N[C@H](c3ccccc3)CS2)c1. The van der Waals surface area contributed by atoms with Crippen LogP contribution in [0.1, 0.15) is 29.7 Å². The summed E-state index contributed by atoms with van der Waals surface area (Å²) < 4.78 is 0. The van der Waals surface area contributed by atoms with Gasteiger partial charge in [-0.1, -0.05) is 48.4 Å². The summed E-state index contributed by atoms with van der Waals surface area (Å²) >= 11 is 1.83. The van der Waals surface area contributed by atoms with Gasteiger partial charge in [0.25, 0.3) is 0 Å². The topological polar surface area (TPSA) is 12.4 Å². The number of aliphatic imine (C=N–C) groups is 1. The molecule has 1 aliphatic rings. The maximum absolute atomic E-state index is 4.86. The van der Waals surface area contributed by atoms with E-state index < -0.39 is 0 Å². The maximum Gasteiger partial charge on any atom is 0.0986 e. The van der Waals surface area contributed by atoms with E-state index in [1.807, 2.05) is 36.9 Å². The second-order valence-corrected chi connectivity index (χ2v) is 5.64. The molecule has 2 aromatic carbocycles. The summed E-state index contributed by atoms with van der Waals surface area (Å²) in [4.78, 5) is 4.86. The van der Waals surface area contributed by atoms with Crippen molar-refractivity contribution in [3.05, 3.63) is 71.3 Å². The van der Waals surface area contributed by atoms with Crippen LogP contribution in [0, 0.1) is 11.8 Å². The van der Waals surface area contributed by atoms with Gasteiger partial charge >= 0.3 is 0 Å². The Morgan fingerprint density at radius 2 is 1.95 bits per heavy atom. The van der Waals surface area contributed by atoms with E-state index >= 15 is 0 Å². The van der Waals surface area contributed by atoms with Crippen molar-refractivity contribution in [1.82, 2.24) is 0 Å². The molecule has 0 saturated carbocycles. The van der Waals surface area contributed by atoms with Crippen molar-refractivity contribution >= 4 is 16.8 Å². The van der Waals surface area contributed by atoms with Crippen molar-refractivity contribution in [2.75, 3.05) is 5.75 Å². The fourth-order valence-electron chi connectivity index (χ4n) is 2.25. The number of nitrogens with zero attached hydrogens (tertiary/aromatic N) is 1. The van der Waals surface area contributed by atoms with Crippen molar-refractivity contribution in [3.8, 4) is 11.8 Å². The maximum atomic E-state index is 4.86. The minimum Gasteiger partial charge on any atom is -0.269 e.